The predicted octanol–water partition coefficient (Wildman–Crippen LogP) is -1.45. The molecule has 1 unspecified atom stereocenters. The monoisotopic (exact) mass is 290 g/mol. The van der Waals surface area contributed by atoms with Crippen molar-refractivity contribution in [3.8, 4) is 0 Å². The van der Waals surface area contributed by atoms with E-state index in [1.54, 1.807) is 12.0 Å². The van der Waals surface area contributed by atoms with Crippen LogP contribution in [0.25, 0.3) is 0 Å². The summed E-state index contributed by atoms with van der Waals surface area (Å²) in [4.78, 5) is 23.9. The van der Waals surface area contributed by atoms with E-state index < -0.39 is 12.0 Å². The molecule has 0 bridgehead atoms. The molecule has 0 radical (unpaired) electrons. The highest BCUT2D eigenvalue weighted by Gasteiger charge is 2.31. The largest absolute Gasteiger partial charge is 0.480 e. The van der Waals surface area contributed by atoms with Crippen LogP contribution in [0.5, 0.6) is 0 Å². The molecule has 1 atom stereocenters. The Kier molecular flexibility index (Phi) is 8.12. The standard InChI is InChI=1S/C12H22N2O6/c1-18-4-5-20-7-6-19-3-2-14-9-11(15)13-8-10(14)12(16)17/h10H,2-9H2,1H3,(H,13,15)(H,16,17). The summed E-state index contributed by atoms with van der Waals surface area (Å²) < 4.78 is 15.4. The van der Waals surface area contributed by atoms with Crippen LogP contribution in [0.1, 0.15) is 0 Å². The summed E-state index contributed by atoms with van der Waals surface area (Å²) in [6, 6.07) is -0.686. The van der Waals surface area contributed by atoms with Crippen LogP contribution in [0, 0.1) is 0 Å². The zero-order valence-corrected chi connectivity index (χ0v) is 11.7. The van der Waals surface area contributed by atoms with E-state index in [1.807, 2.05) is 0 Å². The fourth-order valence-electron chi connectivity index (χ4n) is 1.81. The van der Waals surface area contributed by atoms with Crippen LogP contribution < -0.4 is 5.32 Å². The molecular weight excluding hydrogens is 268 g/mol. The lowest BCUT2D eigenvalue weighted by molar-refractivity contribution is -0.146. The quantitative estimate of drug-likeness (QED) is 0.475. The Morgan fingerprint density at radius 2 is 1.95 bits per heavy atom. The highest BCUT2D eigenvalue weighted by molar-refractivity contribution is 5.83. The van der Waals surface area contributed by atoms with Gasteiger partial charge in [0.1, 0.15) is 6.04 Å². The lowest BCUT2D eigenvalue weighted by atomic mass is 10.2. The maximum atomic E-state index is 11.3. The molecule has 1 saturated heterocycles. The number of nitrogens with zero attached hydrogens (tertiary/aromatic N) is 1. The molecule has 8 heteroatoms. The normalized spacial score (nSPS) is 19.9. The summed E-state index contributed by atoms with van der Waals surface area (Å²) in [5, 5.41) is 11.6. The van der Waals surface area contributed by atoms with Crippen molar-refractivity contribution in [3.63, 3.8) is 0 Å². The molecule has 0 aliphatic carbocycles. The van der Waals surface area contributed by atoms with Gasteiger partial charge < -0.3 is 24.6 Å². The first-order valence-electron chi connectivity index (χ1n) is 6.53. The molecule has 0 aromatic carbocycles. The molecule has 0 aromatic rings. The minimum Gasteiger partial charge on any atom is -0.480 e. The van der Waals surface area contributed by atoms with Gasteiger partial charge in [-0.25, -0.2) is 0 Å². The van der Waals surface area contributed by atoms with E-state index in [-0.39, 0.29) is 19.0 Å². The molecule has 8 nitrogen and oxygen atoms in total. The minimum atomic E-state index is -0.937. The topological polar surface area (TPSA) is 97.3 Å². The van der Waals surface area contributed by atoms with Gasteiger partial charge in [0.15, 0.2) is 0 Å². The van der Waals surface area contributed by atoms with Crippen molar-refractivity contribution >= 4 is 11.9 Å². The van der Waals surface area contributed by atoms with Gasteiger partial charge in [-0.05, 0) is 0 Å². The smallest absolute Gasteiger partial charge is 0.322 e. The molecule has 1 aliphatic rings. The number of rotatable bonds is 10. The second kappa shape index (κ2) is 9.65. The first-order valence-corrected chi connectivity index (χ1v) is 6.53. The van der Waals surface area contributed by atoms with Crippen molar-refractivity contribution in [2.75, 3.05) is 59.8 Å². The molecule has 1 rings (SSSR count). The molecule has 116 valence electrons. The zero-order chi connectivity index (χ0) is 14.8. The summed E-state index contributed by atoms with van der Waals surface area (Å²) in [6.45, 7) is 2.95. The lowest BCUT2D eigenvalue weighted by Gasteiger charge is -2.32. The second-order valence-corrected chi connectivity index (χ2v) is 4.35. The van der Waals surface area contributed by atoms with Crippen LogP contribution in [0.15, 0.2) is 0 Å². The first-order chi connectivity index (χ1) is 9.65. The summed E-state index contributed by atoms with van der Waals surface area (Å²) in [7, 11) is 1.60. The van der Waals surface area contributed by atoms with E-state index in [0.717, 1.165) is 0 Å². The van der Waals surface area contributed by atoms with Crippen LogP contribution in [-0.4, -0.2) is 87.7 Å². The second-order valence-electron chi connectivity index (χ2n) is 4.35. The van der Waals surface area contributed by atoms with Crippen LogP contribution >= 0.6 is 0 Å². The zero-order valence-electron chi connectivity index (χ0n) is 11.7. The summed E-state index contributed by atoms with van der Waals surface area (Å²) >= 11 is 0. The fraction of sp³-hybridized carbons (Fsp3) is 0.833. The molecule has 2 N–H and O–H groups in total. The van der Waals surface area contributed by atoms with E-state index in [0.29, 0.717) is 39.6 Å². The summed E-state index contributed by atoms with van der Waals surface area (Å²) in [5.41, 5.74) is 0. The summed E-state index contributed by atoms with van der Waals surface area (Å²) in [5.74, 6) is -1.10. The van der Waals surface area contributed by atoms with Gasteiger partial charge in [-0.15, -0.1) is 0 Å². The summed E-state index contributed by atoms with van der Waals surface area (Å²) in [6.07, 6.45) is 0. The third kappa shape index (κ3) is 6.29. The van der Waals surface area contributed by atoms with Gasteiger partial charge >= 0.3 is 5.97 Å². The average Bonchev–Trinajstić information content (AvgIpc) is 2.41. The number of carboxylic acids is 1. The maximum absolute atomic E-state index is 11.3. The molecule has 0 spiro atoms. The van der Waals surface area contributed by atoms with Gasteiger partial charge in [-0.2, -0.15) is 0 Å². The number of amides is 1. The number of hydrogen-bond acceptors (Lipinski definition) is 6. The van der Waals surface area contributed by atoms with Crippen molar-refractivity contribution in [3.05, 3.63) is 0 Å². The Morgan fingerprint density at radius 3 is 2.60 bits per heavy atom. The SMILES string of the molecule is COCCOCCOCCN1CC(=O)NCC1C(=O)O. The van der Waals surface area contributed by atoms with E-state index in [1.165, 1.54) is 0 Å². The van der Waals surface area contributed by atoms with Gasteiger partial charge in [-0.3, -0.25) is 14.5 Å². The number of aliphatic carboxylic acids is 1. The predicted molar refractivity (Wildman–Crippen MR) is 69.5 cm³/mol. The van der Waals surface area contributed by atoms with Crippen molar-refractivity contribution < 1.29 is 28.9 Å². The van der Waals surface area contributed by atoms with Gasteiger partial charge in [0.05, 0.1) is 39.6 Å². The van der Waals surface area contributed by atoms with Crippen LogP contribution in [-0.2, 0) is 23.8 Å². The minimum absolute atomic E-state index is 0.0880. The van der Waals surface area contributed by atoms with Crippen molar-refractivity contribution in [2.45, 2.75) is 6.04 Å². The number of carbonyl (C=O) groups excluding carboxylic acids is 1. The van der Waals surface area contributed by atoms with Crippen LogP contribution in [0.4, 0.5) is 0 Å². The molecule has 0 aromatic heterocycles. The number of ether oxygens (including phenoxy) is 3. The Labute approximate surface area is 118 Å². The molecule has 1 amide bonds. The van der Waals surface area contributed by atoms with Crippen molar-refractivity contribution in [2.24, 2.45) is 0 Å². The number of carbonyl (C=O) groups is 2. The van der Waals surface area contributed by atoms with Gasteiger partial charge in [0.2, 0.25) is 5.91 Å². The molecular formula is C12H22N2O6. The fourth-order valence-corrected chi connectivity index (χ4v) is 1.81. The van der Waals surface area contributed by atoms with Gasteiger partial charge in [-0.1, -0.05) is 0 Å². The number of nitrogens with one attached hydrogen (secondary N) is 1. The van der Waals surface area contributed by atoms with Crippen molar-refractivity contribution in [1.82, 2.24) is 10.2 Å². The number of carboxylic acid groups (broad SMARTS) is 1. The number of piperazine rings is 1. The third-order valence-electron chi connectivity index (χ3n) is 2.89. The molecule has 20 heavy (non-hydrogen) atoms. The lowest BCUT2D eigenvalue weighted by Crippen LogP contribution is -2.58. The molecule has 1 aliphatic heterocycles. The Balaban J connectivity index is 2.12. The molecule has 1 fully saturated rings. The van der Waals surface area contributed by atoms with Crippen LogP contribution in [0.2, 0.25) is 0 Å². The Hall–Kier alpha value is -1.22. The van der Waals surface area contributed by atoms with E-state index >= 15 is 0 Å². The van der Waals surface area contributed by atoms with E-state index in [9.17, 15) is 9.59 Å². The Morgan fingerprint density at radius 1 is 1.30 bits per heavy atom. The van der Waals surface area contributed by atoms with E-state index in [2.05, 4.69) is 5.32 Å². The first kappa shape index (κ1) is 16.8. The molecule has 1 heterocycles. The average molecular weight is 290 g/mol. The highest BCUT2D eigenvalue weighted by Crippen LogP contribution is 2.03. The third-order valence-corrected chi connectivity index (χ3v) is 2.89. The maximum Gasteiger partial charge on any atom is 0.322 e. The van der Waals surface area contributed by atoms with E-state index in [4.69, 9.17) is 19.3 Å². The number of methoxy groups -OCH3 is 1. The van der Waals surface area contributed by atoms with Gasteiger partial charge in [0, 0.05) is 20.2 Å². The van der Waals surface area contributed by atoms with Crippen LogP contribution in [0.3, 0.4) is 0 Å². The number of hydrogen-bond donors (Lipinski definition) is 2. The molecule has 0 saturated carbocycles. The Bertz CT molecular complexity index is 312. The highest BCUT2D eigenvalue weighted by atomic mass is 16.5. The van der Waals surface area contributed by atoms with Gasteiger partial charge in [0.25, 0.3) is 0 Å². The van der Waals surface area contributed by atoms with Crippen molar-refractivity contribution in [1.29, 1.82) is 0 Å².